The van der Waals surface area contributed by atoms with E-state index in [2.05, 4.69) is 12.2 Å². The average Bonchev–Trinajstić information content (AvgIpc) is 2.55. The first-order valence-electron chi connectivity index (χ1n) is 7.06. The summed E-state index contributed by atoms with van der Waals surface area (Å²) in [6.45, 7) is 2.61. The number of urea groups is 1. The van der Waals surface area contributed by atoms with Crippen molar-refractivity contribution in [2.75, 3.05) is 17.3 Å². The molecule has 21 heavy (non-hydrogen) atoms. The van der Waals surface area contributed by atoms with Gasteiger partial charge in [0.1, 0.15) is 0 Å². The number of hydrogen-bond donors (Lipinski definition) is 2. The molecule has 2 rings (SSSR count). The van der Waals surface area contributed by atoms with Crippen molar-refractivity contribution in [3.8, 4) is 0 Å². The van der Waals surface area contributed by atoms with Gasteiger partial charge in [-0.05, 0) is 41.8 Å². The minimum atomic E-state index is -0.167. The Labute approximate surface area is 125 Å². The highest BCUT2D eigenvalue weighted by molar-refractivity contribution is 6.01. The molecule has 0 aromatic heterocycles. The summed E-state index contributed by atoms with van der Waals surface area (Å²) in [6.07, 6.45) is 0.990. The predicted octanol–water partition coefficient (Wildman–Crippen LogP) is 3.38. The SMILES string of the molecule is CCc1ccc(N(C)C(=O)Nc2ccc(CN)cc2)cc1. The van der Waals surface area contributed by atoms with E-state index in [1.807, 2.05) is 48.5 Å². The Kier molecular flexibility index (Phi) is 4.95. The van der Waals surface area contributed by atoms with Crippen LogP contribution in [0.4, 0.5) is 16.2 Å². The van der Waals surface area contributed by atoms with Crippen LogP contribution >= 0.6 is 0 Å². The second-order valence-corrected chi connectivity index (χ2v) is 4.91. The van der Waals surface area contributed by atoms with Crippen LogP contribution in [0.2, 0.25) is 0 Å². The second-order valence-electron chi connectivity index (χ2n) is 4.91. The number of rotatable bonds is 4. The lowest BCUT2D eigenvalue weighted by Gasteiger charge is -2.18. The van der Waals surface area contributed by atoms with Crippen LogP contribution in [0.5, 0.6) is 0 Å². The molecule has 0 bridgehead atoms. The molecule has 0 radical (unpaired) electrons. The van der Waals surface area contributed by atoms with Gasteiger partial charge in [-0.3, -0.25) is 4.90 Å². The maximum absolute atomic E-state index is 12.2. The standard InChI is InChI=1S/C17H21N3O/c1-3-13-6-10-16(11-7-13)20(2)17(21)19-15-8-4-14(12-18)5-9-15/h4-11H,3,12,18H2,1-2H3,(H,19,21). The molecule has 0 spiro atoms. The van der Waals surface area contributed by atoms with Crippen molar-refractivity contribution >= 4 is 17.4 Å². The molecule has 2 amide bonds. The van der Waals surface area contributed by atoms with Crippen LogP contribution in [0, 0.1) is 0 Å². The lowest BCUT2D eigenvalue weighted by Crippen LogP contribution is -2.31. The zero-order chi connectivity index (χ0) is 15.2. The first-order chi connectivity index (χ1) is 10.1. The molecule has 0 aliphatic rings. The predicted molar refractivity (Wildman–Crippen MR) is 87.6 cm³/mol. The highest BCUT2D eigenvalue weighted by Crippen LogP contribution is 2.16. The lowest BCUT2D eigenvalue weighted by atomic mass is 10.1. The number of nitrogens with one attached hydrogen (secondary N) is 1. The largest absolute Gasteiger partial charge is 0.326 e. The number of aryl methyl sites for hydroxylation is 1. The Morgan fingerprint density at radius 1 is 1.05 bits per heavy atom. The van der Waals surface area contributed by atoms with E-state index >= 15 is 0 Å². The normalized spacial score (nSPS) is 10.2. The van der Waals surface area contributed by atoms with Crippen molar-refractivity contribution in [2.24, 2.45) is 5.73 Å². The maximum atomic E-state index is 12.2. The summed E-state index contributed by atoms with van der Waals surface area (Å²) < 4.78 is 0. The molecule has 0 saturated carbocycles. The van der Waals surface area contributed by atoms with E-state index in [4.69, 9.17) is 5.73 Å². The Morgan fingerprint density at radius 3 is 2.14 bits per heavy atom. The van der Waals surface area contributed by atoms with Crippen LogP contribution < -0.4 is 16.0 Å². The van der Waals surface area contributed by atoms with Gasteiger partial charge in [-0.1, -0.05) is 31.2 Å². The smallest absolute Gasteiger partial charge is 0.326 e. The van der Waals surface area contributed by atoms with Gasteiger partial charge in [0.25, 0.3) is 0 Å². The molecule has 2 aromatic rings. The third-order valence-corrected chi connectivity index (χ3v) is 3.48. The van der Waals surface area contributed by atoms with Crippen molar-refractivity contribution < 1.29 is 4.79 Å². The average molecular weight is 283 g/mol. The second kappa shape index (κ2) is 6.90. The fourth-order valence-electron chi connectivity index (χ4n) is 2.00. The molecule has 0 unspecified atom stereocenters. The van der Waals surface area contributed by atoms with Gasteiger partial charge in [-0.15, -0.1) is 0 Å². The Balaban J connectivity index is 2.03. The molecular weight excluding hydrogens is 262 g/mol. The minimum absolute atomic E-state index is 0.167. The number of carbonyl (C=O) groups is 1. The molecule has 4 nitrogen and oxygen atoms in total. The van der Waals surface area contributed by atoms with E-state index in [9.17, 15) is 4.79 Å². The third kappa shape index (κ3) is 3.83. The monoisotopic (exact) mass is 283 g/mol. The van der Waals surface area contributed by atoms with Crippen molar-refractivity contribution in [2.45, 2.75) is 19.9 Å². The van der Waals surface area contributed by atoms with E-state index in [-0.39, 0.29) is 6.03 Å². The van der Waals surface area contributed by atoms with Gasteiger partial charge in [0.15, 0.2) is 0 Å². The van der Waals surface area contributed by atoms with E-state index in [0.29, 0.717) is 6.54 Å². The molecular formula is C17H21N3O. The van der Waals surface area contributed by atoms with Gasteiger partial charge in [0.2, 0.25) is 0 Å². The summed E-state index contributed by atoms with van der Waals surface area (Å²) >= 11 is 0. The zero-order valence-corrected chi connectivity index (χ0v) is 12.5. The summed E-state index contributed by atoms with van der Waals surface area (Å²) in [5.41, 5.74) is 9.47. The fourth-order valence-corrected chi connectivity index (χ4v) is 2.00. The molecule has 0 fully saturated rings. The topological polar surface area (TPSA) is 58.4 Å². The molecule has 4 heteroatoms. The van der Waals surface area contributed by atoms with Crippen LogP contribution in [0.3, 0.4) is 0 Å². The summed E-state index contributed by atoms with van der Waals surface area (Å²) in [5.74, 6) is 0. The van der Waals surface area contributed by atoms with Gasteiger partial charge in [0.05, 0.1) is 0 Å². The zero-order valence-electron chi connectivity index (χ0n) is 12.5. The molecule has 3 N–H and O–H groups in total. The van der Waals surface area contributed by atoms with Gasteiger partial charge < -0.3 is 11.1 Å². The molecule has 0 heterocycles. The number of benzene rings is 2. The van der Waals surface area contributed by atoms with Crippen molar-refractivity contribution in [3.05, 3.63) is 59.7 Å². The number of nitrogens with two attached hydrogens (primary N) is 1. The quantitative estimate of drug-likeness (QED) is 0.903. The van der Waals surface area contributed by atoms with Crippen LogP contribution in [0.1, 0.15) is 18.1 Å². The molecule has 2 aromatic carbocycles. The van der Waals surface area contributed by atoms with Gasteiger partial charge in [-0.2, -0.15) is 0 Å². The highest BCUT2D eigenvalue weighted by Gasteiger charge is 2.10. The number of nitrogens with zero attached hydrogens (tertiary/aromatic N) is 1. The molecule has 0 saturated heterocycles. The molecule has 0 aliphatic heterocycles. The highest BCUT2D eigenvalue weighted by atomic mass is 16.2. The summed E-state index contributed by atoms with van der Waals surface area (Å²) in [6, 6.07) is 15.3. The van der Waals surface area contributed by atoms with Crippen molar-refractivity contribution in [1.82, 2.24) is 0 Å². The van der Waals surface area contributed by atoms with Crippen LogP contribution in [0.25, 0.3) is 0 Å². The molecule has 0 atom stereocenters. The van der Waals surface area contributed by atoms with Crippen molar-refractivity contribution in [1.29, 1.82) is 0 Å². The van der Waals surface area contributed by atoms with Gasteiger partial charge in [0, 0.05) is 25.0 Å². The Hall–Kier alpha value is -2.33. The van der Waals surface area contributed by atoms with Gasteiger partial charge in [-0.25, -0.2) is 4.79 Å². The van der Waals surface area contributed by atoms with Gasteiger partial charge >= 0.3 is 6.03 Å². The van der Waals surface area contributed by atoms with E-state index < -0.39 is 0 Å². The summed E-state index contributed by atoms with van der Waals surface area (Å²) in [5, 5.41) is 2.87. The van der Waals surface area contributed by atoms with Crippen LogP contribution in [-0.4, -0.2) is 13.1 Å². The number of carbonyl (C=O) groups excluding carboxylic acids is 1. The molecule has 0 aliphatic carbocycles. The Morgan fingerprint density at radius 2 is 1.62 bits per heavy atom. The Bertz CT molecular complexity index is 590. The van der Waals surface area contributed by atoms with Crippen LogP contribution in [-0.2, 0) is 13.0 Å². The summed E-state index contributed by atoms with van der Waals surface area (Å²) in [4.78, 5) is 13.8. The first kappa shape index (κ1) is 15.1. The minimum Gasteiger partial charge on any atom is -0.326 e. The third-order valence-electron chi connectivity index (χ3n) is 3.48. The maximum Gasteiger partial charge on any atom is 0.326 e. The van der Waals surface area contributed by atoms with E-state index in [0.717, 1.165) is 23.4 Å². The lowest BCUT2D eigenvalue weighted by molar-refractivity contribution is 0.258. The van der Waals surface area contributed by atoms with Crippen molar-refractivity contribution in [3.63, 3.8) is 0 Å². The number of anilines is 2. The van der Waals surface area contributed by atoms with E-state index in [1.54, 1.807) is 11.9 Å². The van der Waals surface area contributed by atoms with Crippen LogP contribution in [0.15, 0.2) is 48.5 Å². The number of hydrogen-bond acceptors (Lipinski definition) is 2. The summed E-state index contributed by atoms with van der Waals surface area (Å²) in [7, 11) is 1.75. The van der Waals surface area contributed by atoms with E-state index in [1.165, 1.54) is 5.56 Å². The molecule has 110 valence electrons. The number of amides is 2. The first-order valence-corrected chi connectivity index (χ1v) is 7.06. The fraction of sp³-hybridized carbons (Fsp3) is 0.235.